The zero-order valence-corrected chi connectivity index (χ0v) is 10.5. The van der Waals surface area contributed by atoms with E-state index in [0.29, 0.717) is 32.0 Å². The Balaban J connectivity index is 1.79. The Labute approximate surface area is 101 Å². The van der Waals surface area contributed by atoms with Gasteiger partial charge in [0.15, 0.2) is 0 Å². The van der Waals surface area contributed by atoms with Crippen molar-refractivity contribution in [3.05, 3.63) is 0 Å². The SMILES string of the molecule is CC1CCC(N2CCC(C(F)(F)F)CC2)CC1. The minimum Gasteiger partial charge on any atom is -0.300 e. The Morgan fingerprint density at radius 2 is 1.41 bits per heavy atom. The summed E-state index contributed by atoms with van der Waals surface area (Å²) in [4.78, 5) is 2.30. The third kappa shape index (κ3) is 3.36. The van der Waals surface area contributed by atoms with Crippen molar-refractivity contribution in [2.45, 2.75) is 57.7 Å². The average Bonchev–Trinajstić information content (AvgIpc) is 2.29. The van der Waals surface area contributed by atoms with Crippen molar-refractivity contribution < 1.29 is 13.2 Å². The smallest absolute Gasteiger partial charge is 0.300 e. The lowest BCUT2D eigenvalue weighted by Crippen LogP contribution is -2.45. The molecule has 0 radical (unpaired) electrons. The molecule has 1 saturated heterocycles. The standard InChI is InChI=1S/C13H22F3N/c1-10-2-4-12(5-3-10)17-8-6-11(7-9-17)13(14,15)16/h10-12H,2-9H2,1H3. The number of piperidine rings is 1. The van der Waals surface area contributed by atoms with Crippen LogP contribution in [0.4, 0.5) is 13.2 Å². The Kier molecular flexibility index (Phi) is 4.01. The summed E-state index contributed by atoms with van der Waals surface area (Å²) in [6.07, 6.45) is 1.46. The second kappa shape index (κ2) is 5.17. The molecule has 0 aromatic rings. The lowest BCUT2D eigenvalue weighted by atomic mass is 9.85. The second-order valence-electron chi connectivity index (χ2n) is 5.77. The average molecular weight is 249 g/mol. The van der Waals surface area contributed by atoms with Crippen molar-refractivity contribution in [3.8, 4) is 0 Å². The van der Waals surface area contributed by atoms with E-state index in [0.717, 1.165) is 5.92 Å². The minimum atomic E-state index is -3.98. The van der Waals surface area contributed by atoms with Crippen LogP contribution in [0.1, 0.15) is 45.4 Å². The molecule has 2 aliphatic rings. The van der Waals surface area contributed by atoms with Crippen molar-refractivity contribution in [1.29, 1.82) is 0 Å². The summed E-state index contributed by atoms with van der Waals surface area (Å²) < 4.78 is 37.6. The Morgan fingerprint density at radius 3 is 1.88 bits per heavy atom. The number of rotatable bonds is 1. The van der Waals surface area contributed by atoms with Gasteiger partial charge in [-0.3, -0.25) is 0 Å². The molecule has 1 nitrogen and oxygen atoms in total. The first-order valence-corrected chi connectivity index (χ1v) is 6.77. The molecular weight excluding hydrogens is 227 g/mol. The Bertz CT molecular complexity index is 236. The third-order valence-corrected chi connectivity index (χ3v) is 4.49. The van der Waals surface area contributed by atoms with Crippen LogP contribution in [0.2, 0.25) is 0 Å². The molecule has 4 heteroatoms. The van der Waals surface area contributed by atoms with Crippen molar-refractivity contribution in [1.82, 2.24) is 4.90 Å². The first-order valence-electron chi connectivity index (χ1n) is 6.77. The predicted molar refractivity (Wildman–Crippen MR) is 61.8 cm³/mol. The van der Waals surface area contributed by atoms with E-state index in [1.807, 2.05) is 0 Å². The van der Waals surface area contributed by atoms with Crippen molar-refractivity contribution >= 4 is 0 Å². The van der Waals surface area contributed by atoms with Gasteiger partial charge < -0.3 is 4.90 Å². The van der Waals surface area contributed by atoms with Crippen LogP contribution in [0, 0.1) is 11.8 Å². The van der Waals surface area contributed by atoms with Gasteiger partial charge in [0.05, 0.1) is 5.92 Å². The number of halogens is 3. The molecule has 2 fully saturated rings. The van der Waals surface area contributed by atoms with Crippen molar-refractivity contribution in [2.24, 2.45) is 11.8 Å². The zero-order valence-electron chi connectivity index (χ0n) is 10.5. The van der Waals surface area contributed by atoms with Gasteiger partial charge in [-0.05, 0) is 57.5 Å². The van der Waals surface area contributed by atoms with Crippen LogP contribution < -0.4 is 0 Å². The van der Waals surface area contributed by atoms with Gasteiger partial charge in [0, 0.05) is 6.04 Å². The molecule has 0 aromatic carbocycles. The van der Waals surface area contributed by atoms with Crippen LogP contribution >= 0.6 is 0 Å². The van der Waals surface area contributed by atoms with Crippen LogP contribution in [-0.2, 0) is 0 Å². The molecule has 0 unspecified atom stereocenters. The predicted octanol–water partition coefficient (Wildman–Crippen LogP) is 3.84. The van der Waals surface area contributed by atoms with Crippen LogP contribution in [0.5, 0.6) is 0 Å². The first-order chi connectivity index (χ1) is 7.97. The van der Waals surface area contributed by atoms with Gasteiger partial charge in [0.2, 0.25) is 0 Å². The molecule has 17 heavy (non-hydrogen) atoms. The molecular formula is C13H22F3N. The van der Waals surface area contributed by atoms with Gasteiger partial charge in [-0.2, -0.15) is 13.2 Å². The summed E-state index contributed by atoms with van der Waals surface area (Å²) in [7, 11) is 0. The van der Waals surface area contributed by atoms with Gasteiger partial charge in [0.1, 0.15) is 0 Å². The number of likely N-dealkylation sites (tertiary alicyclic amines) is 1. The lowest BCUT2D eigenvalue weighted by Gasteiger charge is -2.40. The summed E-state index contributed by atoms with van der Waals surface area (Å²) in [5, 5.41) is 0. The molecule has 0 spiro atoms. The van der Waals surface area contributed by atoms with E-state index in [2.05, 4.69) is 11.8 Å². The fourth-order valence-corrected chi connectivity index (χ4v) is 3.20. The van der Waals surface area contributed by atoms with E-state index in [1.54, 1.807) is 0 Å². The normalized spacial score (nSPS) is 33.9. The fourth-order valence-electron chi connectivity index (χ4n) is 3.20. The largest absolute Gasteiger partial charge is 0.391 e. The van der Waals surface area contributed by atoms with Crippen molar-refractivity contribution in [3.63, 3.8) is 0 Å². The maximum atomic E-state index is 12.5. The molecule has 100 valence electrons. The highest BCUT2D eigenvalue weighted by Gasteiger charge is 2.42. The number of nitrogens with zero attached hydrogens (tertiary/aromatic N) is 1. The van der Waals surface area contributed by atoms with Crippen LogP contribution in [0.25, 0.3) is 0 Å². The van der Waals surface area contributed by atoms with Gasteiger partial charge in [-0.25, -0.2) is 0 Å². The summed E-state index contributed by atoms with van der Waals surface area (Å²) in [6, 6.07) is 0.556. The maximum absolute atomic E-state index is 12.5. The molecule has 0 N–H and O–H groups in total. The quantitative estimate of drug-likeness (QED) is 0.682. The van der Waals surface area contributed by atoms with E-state index < -0.39 is 12.1 Å². The van der Waals surface area contributed by atoms with E-state index in [9.17, 15) is 13.2 Å². The van der Waals surface area contributed by atoms with E-state index in [1.165, 1.54) is 25.7 Å². The molecule has 0 atom stereocenters. The highest BCUT2D eigenvalue weighted by molar-refractivity contribution is 4.84. The van der Waals surface area contributed by atoms with Gasteiger partial charge in [0.25, 0.3) is 0 Å². The molecule has 0 aromatic heterocycles. The van der Waals surface area contributed by atoms with E-state index >= 15 is 0 Å². The fraction of sp³-hybridized carbons (Fsp3) is 1.00. The number of hydrogen-bond acceptors (Lipinski definition) is 1. The van der Waals surface area contributed by atoms with Crippen LogP contribution in [0.15, 0.2) is 0 Å². The molecule has 1 aliphatic heterocycles. The van der Waals surface area contributed by atoms with Crippen LogP contribution in [-0.4, -0.2) is 30.2 Å². The van der Waals surface area contributed by atoms with Gasteiger partial charge in [-0.15, -0.1) is 0 Å². The van der Waals surface area contributed by atoms with Crippen LogP contribution in [0.3, 0.4) is 0 Å². The highest BCUT2D eigenvalue weighted by Crippen LogP contribution is 2.36. The summed E-state index contributed by atoms with van der Waals surface area (Å²) in [6.45, 7) is 3.55. The summed E-state index contributed by atoms with van der Waals surface area (Å²) in [5.74, 6) is -0.250. The maximum Gasteiger partial charge on any atom is 0.391 e. The van der Waals surface area contributed by atoms with Gasteiger partial charge >= 0.3 is 6.18 Å². The third-order valence-electron chi connectivity index (χ3n) is 4.49. The molecule has 1 aliphatic carbocycles. The topological polar surface area (TPSA) is 3.24 Å². The minimum absolute atomic E-state index is 0.301. The summed E-state index contributed by atoms with van der Waals surface area (Å²) in [5.41, 5.74) is 0. The van der Waals surface area contributed by atoms with E-state index in [4.69, 9.17) is 0 Å². The molecule has 0 amide bonds. The molecule has 1 heterocycles. The monoisotopic (exact) mass is 249 g/mol. The molecule has 1 saturated carbocycles. The molecule has 0 bridgehead atoms. The zero-order chi connectivity index (χ0) is 12.5. The lowest BCUT2D eigenvalue weighted by molar-refractivity contribution is -0.186. The highest BCUT2D eigenvalue weighted by atomic mass is 19.4. The Hall–Kier alpha value is -0.250. The van der Waals surface area contributed by atoms with E-state index in [-0.39, 0.29) is 0 Å². The molecule has 2 rings (SSSR count). The second-order valence-corrected chi connectivity index (χ2v) is 5.77. The number of alkyl halides is 3. The number of hydrogen-bond donors (Lipinski definition) is 0. The summed E-state index contributed by atoms with van der Waals surface area (Å²) >= 11 is 0. The van der Waals surface area contributed by atoms with Crippen molar-refractivity contribution in [2.75, 3.05) is 13.1 Å². The Morgan fingerprint density at radius 1 is 0.882 bits per heavy atom. The van der Waals surface area contributed by atoms with Gasteiger partial charge in [-0.1, -0.05) is 6.92 Å². The first kappa shape index (κ1) is 13.2.